The van der Waals surface area contributed by atoms with Crippen molar-refractivity contribution < 1.29 is 4.79 Å². The second-order valence-electron chi connectivity index (χ2n) is 6.38. The van der Waals surface area contributed by atoms with Crippen LogP contribution < -0.4 is 15.5 Å². The van der Waals surface area contributed by atoms with Crippen LogP contribution in [0.15, 0.2) is 42.6 Å². The molecule has 0 saturated heterocycles. The van der Waals surface area contributed by atoms with E-state index < -0.39 is 0 Å². The van der Waals surface area contributed by atoms with Crippen LogP contribution >= 0.6 is 0 Å². The maximum absolute atomic E-state index is 12.5. The SMILES string of the molecule is CCN(CC)c1ccc(NC(=O)c2ccnc(NCC(C)C)c2)cc1. The molecule has 0 fully saturated rings. The summed E-state index contributed by atoms with van der Waals surface area (Å²) in [7, 11) is 0. The lowest BCUT2D eigenvalue weighted by molar-refractivity contribution is 0.102. The summed E-state index contributed by atoms with van der Waals surface area (Å²) in [5.41, 5.74) is 2.54. The average molecular weight is 340 g/mol. The van der Waals surface area contributed by atoms with Crippen molar-refractivity contribution >= 4 is 23.1 Å². The number of amides is 1. The Bertz CT molecular complexity index is 678. The number of aromatic nitrogens is 1. The summed E-state index contributed by atoms with van der Waals surface area (Å²) in [5, 5.41) is 6.18. The van der Waals surface area contributed by atoms with Crippen molar-refractivity contribution in [2.45, 2.75) is 27.7 Å². The highest BCUT2D eigenvalue weighted by Gasteiger charge is 2.08. The Kier molecular flexibility index (Phi) is 6.81. The molecule has 0 spiro atoms. The van der Waals surface area contributed by atoms with Gasteiger partial charge >= 0.3 is 0 Å². The van der Waals surface area contributed by atoms with Crippen molar-refractivity contribution in [2.24, 2.45) is 5.92 Å². The molecule has 25 heavy (non-hydrogen) atoms. The zero-order valence-electron chi connectivity index (χ0n) is 15.5. The molecule has 0 saturated carbocycles. The fourth-order valence-corrected chi connectivity index (χ4v) is 2.52. The van der Waals surface area contributed by atoms with E-state index in [1.54, 1.807) is 18.3 Å². The molecule has 0 bridgehead atoms. The Morgan fingerprint density at radius 1 is 1.12 bits per heavy atom. The van der Waals surface area contributed by atoms with Crippen molar-refractivity contribution in [1.29, 1.82) is 0 Å². The normalized spacial score (nSPS) is 10.6. The van der Waals surface area contributed by atoms with Gasteiger partial charge in [0.2, 0.25) is 0 Å². The number of carbonyl (C=O) groups excluding carboxylic acids is 1. The number of nitrogens with one attached hydrogen (secondary N) is 2. The molecule has 0 unspecified atom stereocenters. The lowest BCUT2D eigenvalue weighted by Crippen LogP contribution is -2.21. The molecule has 1 amide bonds. The van der Waals surface area contributed by atoms with Crippen molar-refractivity contribution in [3.05, 3.63) is 48.2 Å². The van der Waals surface area contributed by atoms with Crippen molar-refractivity contribution in [2.75, 3.05) is 35.2 Å². The number of hydrogen-bond acceptors (Lipinski definition) is 4. The summed E-state index contributed by atoms with van der Waals surface area (Å²) in [6.07, 6.45) is 1.65. The van der Waals surface area contributed by atoms with Gasteiger partial charge in [0, 0.05) is 42.8 Å². The van der Waals surface area contributed by atoms with E-state index in [1.165, 1.54) is 0 Å². The lowest BCUT2D eigenvalue weighted by atomic mass is 10.2. The third-order valence-electron chi connectivity index (χ3n) is 3.97. The molecule has 0 aliphatic carbocycles. The molecule has 1 aromatic heterocycles. The molecule has 134 valence electrons. The predicted octanol–water partition coefficient (Wildman–Crippen LogP) is 4.25. The fourth-order valence-electron chi connectivity index (χ4n) is 2.52. The first kappa shape index (κ1) is 18.8. The fraction of sp³-hybridized carbons (Fsp3) is 0.400. The first-order valence-corrected chi connectivity index (χ1v) is 8.89. The van der Waals surface area contributed by atoms with Crippen LogP contribution in [0.25, 0.3) is 0 Å². The molecule has 1 heterocycles. The minimum atomic E-state index is -0.134. The minimum Gasteiger partial charge on any atom is -0.372 e. The number of rotatable bonds is 8. The maximum Gasteiger partial charge on any atom is 0.255 e. The van der Waals surface area contributed by atoms with Crippen LogP contribution in [0.3, 0.4) is 0 Å². The van der Waals surface area contributed by atoms with E-state index in [4.69, 9.17) is 0 Å². The molecule has 5 heteroatoms. The Balaban J connectivity index is 2.03. The predicted molar refractivity (Wildman–Crippen MR) is 106 cm³/mol. The zero-order chi connectivity index (χ0) is 18.2. The highest BCUT2D eigenvalue weighted by molar-refractivity contribution is 6.04. The summed E-state index contributed by atoms with van der Waals surface area (Å²) in [6.45, 7) is 11.3. The summed E-state index contributed by atoms with van der Waals surface area (Å²) >= 11 is 0. The van der Waals surface area contributed by atoms with E-state index in [9.17, 15) is 4.79 Å². The van der Waals surface area contributed by atoms with E-state index in [1.807, 2.05) is 24.3 Å². The molecule has 0 aliphatic rings. The van der Waals surface area contributed by atoms with Crippen molar-refractivity contribution in [3.8, 4) is 0 Å². The molecule has 1 aromatic carbocycles. The highest BCUT2D eigenvalue weighted by Crippen LogP contribution is 2.18. The van der Waals surface area contributed by atoms with Crippen LogP contribution in [0, 0.1) is 5.92 Å². The van der Waals surface area contributed by atoms with Gasteiger partial charge in [0.25, 0.3) is 5.91 Å². The molecule has 0 aliphatic heterocycles. The quantitative estimate of drug-likeness (QED) is 0.754. The standard InChI is InChI=1S/C20H28N4O/c1-5-24(6-2)18-9-7-17(8-10-18)23-20(25)16-11-12-21-19(13-16)22-14-15(3)4/h7-13,15H,5-6,14H2,1-4H3,(H,21,22)(H,23,25). The van der Waals surface area contributed by atoms with Gasteiger partial charge < -0.3 is 15.5 Å². The number of hydrogen-bond donors (Lipinski definition) is 2. The molecule has 2 rings (SSSR count). The highest BCUT2D eigenvalue weighted by atomic mass is 16.1. The van der Waals surface area contributed by atoms with Crippen LogP contribution in [-0.2, 0) is 0 Å². The first-order valence-electron chi connectivity index (χ1n) is 8.89. The third-order valence-corrected chi connectivity index (χ3v) is 3.97. The van der Waals surface area contributed by atoms with E-state index in [0.29, 0.717) is 11.5 Å². The Morgan fingerprint density at radius 2 is 1.80 bits per heavy atom. The Labute approximate surface area is 150 Å². The van der Waals surface area contributed by atoms with Gasteiger partial charge in [-0.25, -0.2) is 4.98 Å². The van der Waals surface area contributed by atoms with Gasteiger partial charge in [-0.1, -0.05) is 13.8 Å². The third kappa shape index (κ3) is 5.48. The van der Waals surface area contributed by atoms with Gasteiger partial charge in [-0.15, -0.1) is 0 Å². The molecule has 0 radical (unpaired) electrons. The smallest absolute Gasteiger partial charge is 0.255 e. The van der Waals surface area contributed by atoms with E-state index in [2.05, 4.69) is 48.2 Å². The number of benzene rings is 1. The zero-order valence-corrected chi connectivity index (χ0v) is 15.5. The van der Waals surface area contributed by atoms with Crippen LogP contribution in [-0.4, -0.2) is 30.5 Å². The van der Waals surface area contributed by atoms with Gasteiger partial charge in [0.05, 0.1) is 0 Å². The van der Waals surface area contributed by atoms with Crippen molar-refractivity contribution in [1.82, 2.24) is 4.98 Å². The largest absolute Gasteiger partial charge is 0.372 e. The van der Waals surface area contributed by atoms with E-state index in [-0.39, 0.29) is 5.91 Å². The van der Waals surface area contributed by atoms with E-state index in [0.717, 1.165) is 36.8 Å². The monoisotopic (exact) mass is 340 g/mol. The Hall–Kier alpha value is -2.56. The minimum absolute atomic E-state index is 0.134. The first-order chi connectivity index (χ1) is 12.0. The van der Waals surface area contributed by atoms with Crippen molar-refractivity contribution in [3.63, 3.8) is 0 Å². The average Bonchev–Trinajstić information content (AvgIpc) is 2.62. The second-order valence-corrected chi connectivity index (χ2v) is 6.38. The van der Waals surface area contributed by atoms with Gasteiger partial charge in [-0.05, 0) is 56.2 Å². The van der Waals surface area contributed by atoms with Crippen LogP contribution in [0.4, 0.5) is 17.2 Å². The summed E-state index contributed by atoms with van der Waals surface area (Å²) in [5.74, 6) is 1.10. The molecule has 0 atom stereocenters. The van der Waals surface area contributed by atoms with Crippen LogP contribution in [0.5, 0.6) is 0 Å². The summed E-state index contributed by atoms with van der Waals surface area (Å²) in [4.78, 5) is 19.0. The van der Waals surface area contributed by atoms with Gasteiger partial charge in [0.1, 0.15) is 5.82 Å². The van der Waals surface area contributed by atoms with E-state index >= 15 is 0 Å². The molecule has 2 N–H and O–H groups in total. The summed E-state index contributed by atoms with van der Waals surface area (Å²) < 4.78 is 0. The summed E-state index contributed by atoms with van der Waals surface area (Å²) in [6, 6.07) is 11.4. The number of carbonyl (C=O) groups is 1. The second kappa shape index (κ2) is 9.06. The molecular weight excluding hydrogens is 312 g/mol. The molecule has 2 aromatic rings. The number of anilines is 3. The van der Waals surface area contributed by atoms with Gasteiger partial charge in [-0.3, -0.25) is 4.79 Å². The van der Waals surface area contributed by atoms with Gasteiger partial charge in [-0.2, -0.15) is 0 Å². The topological polar surface area (TPSA) is 57.3 Å². The lowest BCUT2D eigenvalue weighted by Gasteiger charge is -2.21. The number of pyridine rings is 1. The van der Waals surface area contributed by atoms with Crippen LogP contribution in [0.1, 0.15) is 38.1 Å². The van der Waals surface area contributed by atoms with Gasteiger partial charge in [0.15, 0.2) is 0 Å². The van der Waals surface area contributed by atoms with Crippen LogP contribution in [0.2, 0.25) is 0 Å². The number of nitrogens with zero attached hydrogens (tertiary/aromatic N) is 2. The molecule has 5 nitrogen and oxygen atoms in total. The maximum atomic E-state index is 12.5. The Morgan fingerprint density at radius 3 is 2.40 bits per heavy atom. The molecular formula is C20H28N4O.